The topological polar surface area (TPSA) is 108 Å². The Kier molecular flexibility index (Phi) is 7.58. The summed E-state index contributed by atoms with van der Waals surface area (Å²) in [6.45, 7) is 5.01. The first-order valence-electron chi connectivity index (χ1n) is 12.2. The maximum atomic E-state index is 12.7. The van der Waals surface area contributed by atoms with Gasteiger partial charge in [-0.15, -0.1) is 0 Å². The maximum Gasteiger partial charge on any atom is 0.410 e. The third kappa shape index (κ3) is 6.74. The van der Waals surface area contributed by atoms with Crippen LogP contribution in [-0.2, 0) is 22.5 Å². The Balaban J connectivity index is 1.28. The number of ether oxygens (including phenoxy) is 1. The average molecular weight is 480 g/mol. The number of anilines is 2. The van der Waals surface area contributed by atoms with Crippen LogP contribution in [0.4, 0.5) is 21.0 Å². The quantitative estimate of drug-likeness (QED) is 0.527. The lowest BCUT2D eigenvalue weighted by atomic mass is 9.85. The predicted octanol–water partition coefficient (Wildman–Crippen LogP) is 5.48. The number of carboxylic acid groups (broad SMARTS) is 1. The third-order valence-corrected chi connectivity index (χ3v) is 6.74. The van der Waals surface area contributed by atoms with Gasteiger partial charge in [-0.05, 0) is 98.4 Å². The van der Waals surface area contributed by atoms with Crippen LogP contribution >= 0.6 is 0 Å². The van der Waals surface area contributed by atoms with Crippen LogP contribution in [0.1, 0.15) is 54.4 Å². The van der Waals surface area contributed by atoms with E-state index in [9.17, 15) is 14.4 Å². The van der Waals surface area contributed by atoms with Gasteiger partial charge in [-0.25, -0.2) is 9.59 Å². The minimum absolute atomic E-state index is 0.142. The van der Waals surface area contributed by atoms with Gasteiger partial charge in [0.25, 0.3) is 0 Å². The van der Waals surface area contributed by atoms with Gasteiger partial charge in [-0.1, -0.05) is 12.1 Å². The zero-order valence-corrected chi connectivity index (χ0v) is 20.3. The Bertz CT molecular complexity index is 1090. The monoisotopic (exact) mass is 479 g/mol. The molecule has 0 bridgehead atoms. The van der Waals surface area contributed by atoms with Crippen molar-refractivity contribution >= 4 is 29.5 Å². The first-order chi connectivity index (χ1) is 16.7. The molecule has 3 amide bonds. The zero-order chi connectivity index (χ0) is 24.9. The predicted molar refractivity (Wildman–Crippen MR) is 134 cm³/mol. The molecule has 35 heavy (non-hydrogen) atoms. The number of nitrogens with zero attached hydrogens (tertiary/aromatic N) is 1. The molecule has 0 radical (unpaired) electrons. The molecule has 0 atom stereocenters. The molecule has 8 heteroatoms. The van der Waals surface area contributed by atoms with Crippen LogP contribution in [0.25, 0.3) is 0 Å². The molecule has 2 aromatic rings. The molecular formula is C27H33N3O5. The van der Waals surface area contributed by atoms with Crippen molar-refractivity contribution in [3.8, 4) is 0 Å². The van der Waals surface area contributed by atoms with E-state index in [-0.39, 0.29) is 30.6 Å². The van der Waals surface area contributed by atoms with Gasteiger partial charge in [0, 0.05) is 30.9 Å². The Hall–Kier alpha value is -3.55. The molecule has 186 valence electrons. The van der Waals surface area contributed by atoms with E-state index in [1.165, 1.54) is 0 Å². The minimum Gasteiger partial charge on any atom is -0.481 e. The summed E-state index contributed by atoms with van der Waals surface area (Å²) in [5, 5.41) is 14.7. The lowest BCUT2D eigenvalue weighted by molar-refractivity contribution is -0.138. The molecule has 3 N–H and O–H groups in total. The van der Waals surface area contributed by atoms with E-state index in [1.807, 2.05) is 44.2 Å². The summed E-state index contributed by atoms with van der Waals surface area (Å²) >= 11 is 0. The van der Waals surface area contributed by atoms with Crippen molar-refractivity contribution in [2.45, 2.75) is 65.0 Å². The van der Waals surface area contributed by atoms with Gasteiger partial charge in [-0.3, -0.25) is 4.79 Å². The number of rotatable bonds is 5. The summed E-state index contributed by atoms with van der Waals surface area (Å²) in [7, 11) is 0. The number of fused-ring (bicyclic) bond motifs is 1. The molecule has 8 nitrogen and oxygen atoms in total. The molecule has 0 unspecified atom stereocenters. The van der Waals surface area contributed by atoms with Gasteiger partial charge in [0.15, 0.2) is 0 Å². The van der Waals surface area contributed by atoms with Crippen molar-refractivity contribution in [3.05, 3.63) is 58.7 Å². The number of carbonyl (C=O) groups excluding carboxylic acids is 2. The molecule has 1 fully saturated rings. The van der Waals surface area contributed by atoms with Crippen molar-refractivity contribution in [2.24, 2.45) is 5.92 Å². The van der Waals surface area contributed by atoms with Crippen molar-refractivity contribution in [1.82, 2.24) is 4.90 Å². The van der Waals surface area contributed by atoms with E-state index in [0.717, 1.165) is 40.8 Å². The fraction of sp³-hybridized carbons (Fsp3) is 0.444. The molecule has 1 aliphatic heterocycles. The maximum absolute atomic E-state index is 12.7. The van der Waals surface area contributed by atoms with Gasteiger partial charge >= 0.3 is 18.1 Å². The zero-order valence-electron chi connectivity index (χ0n) is 20.3. The molecule has 4 rings (SSSR count). The summed E-state index contributed by atoms with van der Waals surface area (Å²) < 4.78 is 5.72. The number of aryl methyl sites for hydroxylation is 2. The van der Waals surface area contributed by atoms with Crippen LogP contribution in [0.5, 0.6) is 0 Å². The van der Waals surface area contributed by atoms with E-state index in [0.29, 0.717) is 38.0 Å². The summed E-state index contributed by atoms with van der Waals surface area (Å²) in [6.07, 6.45) is 3.40. The van der Waals surface area contributed by atoms with E-state index in [1.54, 1.807) is 4.90 Å². The first-order valence-corrected chi connectivity index (χ1v) is 12.2. The number of urea groups is 1. The number of hydrogen-bond donors (Lipinski definition) is 3. The molecule has 0 aromatic heterocycles. The van der Waals surface area contributed by atoms with Crippen LogP contribution in [0.15, 0.2) is 36.4 Å². The Morgan fingerprint density at radius 2 is 1.63 bits per heavy atom. The molecule has 1 aliphatic carbocycles. The van der Waals surface area contributed by atoms with Gasteiger partial charge in [0.05, 0.1) is 0 Å². The molecule has 2 aromatic carbocycles. The highest BCUT2D eigenvalue weighted by molar-refractivity contribution is 5.99. The second-order valence-corrected chi connectivity index (χ2v) is 9.73. The van der Waals surface area contributed by atoms with Gasteiger partial charge in [-0.2, -0.15) is 0 Å². The molecule has 1 saturated carbocycles. The van der Waals surface area contributed by atoms with Crippen molar-refractivity contribution < 1.29 is 24.2 Å². The first kappa shape index (κ1) is 24.6. The average Bonchev–Trinajstić information content (AvgIpc) is 2.79. The van der Waals surface area contributed by atoms with Crippen LogP contribution in [-0.4, -0.2) is 40.7 Å². The van der Waals surface area contributed by atoms with E-state index >= 15 is 0 Å². The second kappa shape index (κ2) is 10.8. The Morgan fingerprint density at radius 3 is 2.31 bits per heavy atom. The summed E-state index contributed by atoms with van der Waals surface area (Å²) in [5.41, 5.74) is 5.78. The fourth-order valence-corrected chi connectivity index (χ4v) is 5.04. The second-order valence-electron chi connectivity index (χ2n) is 9.73. The number of nitrogens with one attached hydrogen (secondary N) is 2. The highest BCUT2D eigenvalue weighted by atomic mass is 16.6. The largest absolute Gasteiger partial charge is 0.481 e. The van der Waals surface area contributed by atoms with Crippen molar-refractivity contribution in [2.75, 3.05) is 17.2 Å². The van der Waals surface area contributed by atoms with E-state index in [2.05, 4.69) is 16.7 Å². The fourth-order valence-electron chi connectivity index (χ4n) is 5.04. The normalized spacial score (nSPS) is 19.4. The Labute approximate surface area is 205 Å². The molecular weight excluding hydrogens is 446 g/mol. The highest BCUT2D eigenvalue weighted by Crippen LogP contribution is 2.30. The lowest BCUT2D eigenvalue weighted by Crippen LogP contribution is -2.39. The summed E-state index contributed by atoms with van der Waals surface area (Å²) in [6, 6.07) is 11.4. The van der Waals surface area contributed by atoms with Crippen molar-refractivity contribution in [1.29, 1.82) is 0 Å². The van der Waals surface area contributed by atoms with E-state index < -0.39 is 5.97 Å². The van der Waals surface area contributed by atoms with E-state index in [4.69, 9.17) is 9.84 Å². The van der Waals surface area contributed by atoms with Gasteiger partial charge < -0.3 is 25.4 Å². The molecule has 0 saturated heterocycles. The number of carbonyl (C=O) groups is 3. The number of benzene rings is 2. The Morgan fingerprint density at radius 1 is 0.943 bits per heavy atom. The number of hydrogen-bond acceptors (Lipinski definition) is 4. The van der Waals surface area contributed by atoms with Gasteiger partial charge in [0.2, 0.25) is 0 Å². The molecule has 1 heterocycles. The smallest absolute Gasteiger partial charge is 0.410 e. The summed E-state index contributed by atoms with van der Waals surface area (Å²) in [5.74, 6) is -0.590. The molecule has 0 spiro atoms. The number of amides is 3. The standard InChI is InChI=1S/C27H33N3O5/c1-17-11-18(2)13-23(12-17)29-26(33)28-22-6-5-21-16-30(10-9-20(21)15-22)27(34)35-24-7-3-19(4-8-24)14-25(31)32/h5-6,11-13,15,19,24H,3-4,7-10,14,16H2,1-2H3,(H,31,32)(H2,28,29,33). The van der Waals surface area contributed by atoms with Crippen LogP contribution < -0.4 is 10.6 Å². The lowest BCUT2D eigenvalue weighted by Gasteiger charge is -2.32. The van der Waals surface area contributed by atoms with Gasteiger partial charge in [0.1, 0.15) is 6.10 Å². The third-order valence-electron chi connectivity index (χ3n) is 6.74. The molecule has 2 aliphatic rings. The number of aliphatic carboxylic acids is 1. The highest BCUT2D eigenvalue weighted by Gasteiger charge is 2.28. The minimum atomic E-state index is -0.766. The van der Waals surface area contributed by atoms with Crippen LogP contribution in [0.3, 0.4) is 0 Å². The van der Waals surface area contributed by atoms with Crippen LogP contribution in [0, 0.1) is 19.8 Å². The summed E-state index contributed by atoms with van der Waals surface area (Å²) in [4.78, 5) is 37.8. The van der Waals surface area contributed by atoms with Crippen LogP contribution in [0.2, 0.25) is 0 Å². The van der Waals surface area contributed by atoms with Crippen molar-refractivity contribution in [3.63, 3.8) is 0 Å². The SMILES string of the molecule is Cc1cc(C)cc(NC(=O)Nc2ccc3c(c2)CCN(C(=O)OC2CCC(CC(=O)O)CC2)C3)c1. The number of carboxylic acids is 1.